The second kappa shape index (κ2) is 6.51. The summed E-state index contributed by atoms with van der Waals surface area (Å²) in [5.74, 6) is 2.34. The molecule has 0 aliphatic carbocycles. The molecule has 1 N–H and O–H groups in total. The zero-order valence-corrected chi connectivity index (χ0v) is 12.8. The molecule has 2 aromatic rings. The Morgan fingerprint density at radius 3 is 2.30 bits per heavy atom. The molecule has 3 nitrogen and oxygen atoms in total. The summed E-state index contributed by atoms with van der Waals surface area (Å²) < 4.78 is 0. The highest BCUT2D eigenvalue weighted by molar-refractivity contribution is 5.63. The van der Waals surface area contributed by atoms with Gasteiger partial charge in [-0.3, -0.25) is 0 Å². The number of rotatable bonds is 5. The predicted molar refractivity (Wildman–Crippen MR) is 85.1 cm³/mol. The van der Waals surface area contributed by atoms with E-state index in [2.05, 4.69) is 67.2 Å². The summed E-state index contributed by atoms with van der Waals surface area (Å²) in [6.07, 6.45) is 0.844. The molecule has 1 aromatic heterocycles. The van der Waals surface area contributed by atoms with E-state index in [4.69, 9.17) is 0 Å². The Kier molecular flexibility index (Phi) is 4.72. The minimum Gasteiger partial charge on any atom is -0.370 e. The first kappa shape index (κ1) is 14.5. The Morgan fingerprint density at radius 1 is 1.05 bits per heavy atom. The standard InChI is InChI=1S/C17H23N3/c1-5-16-19-15(11-17(20-16)18-6-2)14-9-7-13(8-10-14)12(3)4/h7-12H,5-6H2,1-4H3,(H,18,19,20). The van der Waals surface area contributed by atoms with E-state index >= 15 is 0 Å². The van der Waals surface area contributed by atoms with E-state index < -0.39 is 0 Å². The van der Waals surface area contributed by atoms with Gasteiger partial charge in [-0.2, -0.15) is 0 Å². The number of nitrogens with zero attached hydrogens (tertiary/aromatic N) is 2. The van der Waals surface area contributed by atoms with Gasteiger partial charge >= 0.3 is 0 Å². The molecule has 0 spiro atoms. The minimum absolute atomic E-state index is 0.554. The van der Waals surface area contributed by atoms with Crippen molar-refractivity contribution in [3.8, 4) is 11.3 Å². The summed E-state index contributed by atoms with van der Waals surface area (Å²) in [6, 6.07) is 10.7. The van der Waals surface area contributed by atoms with Crippen molar-refractivity contribution in [2.75, 3.05) is 11.9 Å². The third-order valence-corrected chi connectivity index (χ3v) is 3.32. The summed E-state index contributed by atoms with van der Waals surface area (Å²) >= 11 is 0. The quantitative estimate of drug-likeness (QED) is 0.881. The van der Waals surface area contributed by atoms with Crippen LogP contribution < -0.4 is 5.32 Å². The molecular formula is C17H23N3. The van der Waals surface area contributed by atoms with Crippen LogP contribution in [0, 0.1) is 0 Å². The van der Waals surface area contributed by atoms with Crippen molar-refractivity contribution in [2.45, 2.75) is 40.0 Å². The number of hydrogen-bond acceptors (Lipinski definition) is 3. The molecule has 20 heavy (non-hydrogen) atoms. The first-order valence-electron chi connectivity index (χ1n) is 7.36. The fraction of sp³-hybridized carbons (Fsp3) is 0.412. The molecule has 0 unspecified atom stereocenters. The normalized spacial score (nSPS) is 10.8. The van der Waals surface area contributed by atoms with Crippen LogP contribution in [0.5, 0.6) is 0 Å². The molecule has 0 aliphatic rings. The van der Waals surface area contributed by atoms with Gasteiger partial charge in [-0.05, 0) is 18.4 Å². The number of nitrogens with one attached hydrogen (secondary N) is 1. The Hall–Kier alpha value is -1.90. The van der Waals surface area contributed by atoms with Gasteiger partial charge in [-0.15, -0.1) is 0 Å². The van der Waals surface area contributed by atoms with E-state index in [9.17, 15) is 0 Å². The Morgan fingerprint density at radius 2 is 1.75 bits per heavy atom. The summed E-state index contributed by atoms with van der Waals surface area (Å²) in [5, 5.41) is 3.27. The zero-order valence-electron chi connectivity index (χ0n) is 12.8. The van der Waals surface area contributed by atoms with Crippen molar-refractivity contribution in [1.82, 2.24) is 9.97 Å². The second-order valence-electron chi connectivity index (χ2n) is 5.22. The molecule has 1 heterocycles. The molecule has 0 saturated carbocycles. The first-order valence-corrected chi connectivity index (χ1v) is 7.36. The van der Waals surface area contributed by atoms with Gasteiger partial charge < -0.3 is 5.32 Å². The molecule has 0 aliphatic heterocycles. The number of benzene rings is 1. The maximum atomic E-state index is 4.63. The van der Waals surface area contributed by atoms with Crippen LogP contribution in [0.4, 0.5) is 5.82 Å². The van der Waals surface area contributed by atoms with Crippen molar-refractivity contribution in [1.29, 1.82) is 0 Å². The Labute approximate surface area is 121 Å². The van der Waals surface area contributed by atoms with Gasteiger partial charge in [0.2, 0.25) is 0 Å². The molecule has 0 saturated heterocycles. The largest absolute Gasteiger partial charge is 0.370 e. The molecular weight excluding hydrogens is 246 g/mol. The number of aryl methyl sites for hydroxylation is 1. The van der Waals surface area contributed by atoms with Crippen LogP contribution in [0.3, 0.4) is 0 Å². The summed E-state index contributed by atoms with van der Waals surface area (Å²) in [5.41, 5.74) is 3.49. The molecule has 1 aromatic carbocycles. The highest BCUT2D eigenvalue weighted by atomic mass is 15.0. The van der Waals surface area contributed by atoms with E-state index in [1.165, 1.54) is 5.56 Å². The van der Waals surface area contributed by atoms with Gasteiger partial charge in [0.15, 0.2) is 0 Å². The molecule has 3 heteroatoms. The van der Waals surface area contributed by atoms with E-state index in [0.717, 1.165) is 35.9 Å². The third-order valence-electron chi connectivity index (χ3n) is 3.32. The topological polar surface area (TPSA) is 37.8 Å². The van der Waals surface area contributed by atoms with Crippen LogP contribution in [0.1, 0.15) is 45.0 Å². The Bertz CT molecular complexity index is 559. The summed E-state index contributed by atoms with van der Waals surface area (Å²) in [4.78, 5) is 9.12. The third kappa shape index (κ3) is 3.35. The van der Waals surface area contributed by atoms with Crippen LogP contribution in [-0.4, -0.2) is 16.5 Å². The molecule has 0 bridgehead atoms. The SMILES string of the molecule is CCNc1cc(-c2ccc(C(C)C)cc2)nc(CC)n1. The van der Waals surface area contributed by atoms with E-state index in [0.29, 0.717) is 5.92 Å². The van der Waals surface area contributed by atoms with Gasteiger partial charge in [0.05, 0.1) is 5.69 Å². The van der Waals surface area contributed by atoms with Gasteiger partial charge in [-0.25, -0.2) is 9.97 Å². The molecule has 0 amide bonds. The zero-order chi connectivity index (χ0) is 14.5. The van der Waals surface area contributed by atoms with Crippen LogP contribution in [0.25, 0.3) is 11.3 Å². The average Bonchev–Trinajstić information content (AvgIpc) is 2.47. The predicted octanol–water partition coefficient (Wildman–Crippen LogP) is 4.26. The maximum absolute atomic E-state index is 4.63. The van der Waals surface area contributed by atoms with E-state index in [1.807, 2.05) is 6.07 Å². The Balaban J connectivity index is 2.37. The number of anilines is 1. The summed E-state index contributed by atoms with van der Waals surface area (Å²) in [7, 11) is 0. The average molecular weight is 269 g/mol. The van der Waals surface area contributed by atoms with Crippen molar-refractivity contribution in [2.24, 2.45) is 0 Å². The molecule has 0 atom stereocenters. The molecule has 0 fully saturated rings. The van der Waals surface area contributed by atoms with Crippen molar-refractivity contribution >= 4 is 5.82 Å². The van der Waals surface area contributed by atoms with Gasteiger partial charge in [0.1, 0.15) is 11.6 Å². The first-order chi connectivity index (χ1) is 9.63. The van der Waals surface area contributed by atoms with Crippen LogP contribution in [-0.2, 0) is 6.42 Å². The monoisotopic (exact) mass is 269 g/mol. The van der Waals surface area contributed by atoms with Gasteiger partial charge in [0, 0.05) is 24.6 Å². The number of hydrogen-bond donors (Lipinski definition) is 1. The van der Waals surface area contributed by atoms with Gasteiger partial charge in [0.25, 0.3) is 0 Å². The second-order valence-corrected chi connectivity index (χ2v) is 5.22. The van der Waals surface area contributed by atoms with Crippen molar-refractivity contribution in [3.05, 3.63) is 41.7 Å². The highest BCUT2D eigenvalue weighted by Gasteiger charge is 2.06. The van der Waals surface area contributed by atoms with Crippen LogP contribution in [0.2, 0.25) is 0 Å². The van der Waals surface area contributed by atoms with Gasteiger partial charge in [-0.1, -0.05) is 45.0 Å². The highest BCUT2D eigenvalue weighted by Crippen LogP contribution is 2.23. The lowest BCUT2D eigenvalue weighted by atomic mass is 10.0. The van der Waals surface area contributed by atoms with E-state index in [-0.39, 0.29) is 0 Å². The summed E-state index contributed by atoms with van der Waals surface area (Å²) in [6.45, 7) is 9.43. The minimum atomic E-state index is 0.554. The lowest BCUT2D eigenvalue weighted by molar-refractivity contribution is 0.867. The van der Waals surface area contributed by atoms with E-state index in [1.54, 1.807) is 0 Å². The molecule has 0 radical (unpaired) electrons. The molecule has 106 valence electrons. The maximum Gasteiger partial charge on any atom is 0.131 e. The fourth-order valence-electron chi connectivity index (χ4n) is 2.11. The fourth-order valence-corrected chi connectivity index (χ4v) is 2.11. The van der Waals surface area contributed by atoms with Crippen LogP contribution in [0.15, 0.2) is 30.3 Å². The lowest BCUT2D eigenvalue weighted by Gasteiger charge is -2.10. The van der Waals surface area contributed by atoms with Crippen molar-refractivity contribution in [3.63, 3.8) is 0 Å². The number of aromatic nitrogens is 2. The van der Waals surface area contributed by atoms with Crippen LogP contribution >= 0.6 is 0 Å². The van der Waals surface area contributed by atoms with Crippen molar-refractivity contribution < 1.29 is 0 Å². The molecule has 2 rings (SSSR count). The lowest BCUT2D eigenvalue weighted by Crippen LogP contribution is -2.04. The smallest absolute Gasteiger partial charge is 0.131 e.